The fourth-order valence-electron chi connectivity index (χ4n) is 5.78. The van der Waals surface area contributed by atoms with Crippen molar-refractivity contribution in [3.63, 3.8) is 0 Å². The molecule has 0 saturated heterocycles. The molecule has 0 spiro atoms. The highest BCUT2D eigenvalue weighted by Gasteiger charge is 2.62. The average molecular weight is 629 g/mol. The van der Waals surface area contributed by atoms with Crippen molar-refractivity contribution in [2.75, 3.05) is 6.54 Å². The Morgan fingerprint density at radius 2 is 1.34 bits per heavy atom. The molecule has 0 aliphatic carbocycles. The number of halogens is 3. The van der Waals surface area contributed by atoms with Crippen LogP contribution < -0.4 is 16.2 Å². The SMILES string of the molecule is CCN(N)C(=O)[C@@](CCCCC[C@H](C)O[Si](c1ccccc1)(c1ccccc1)C(C)(C)C)(OCc1ccccc1)C(F)(F)F. The lowest BCUT2D eigenvalue weighted by Crippen LogP contribution is -2.67. The van der Waals surface area contributed by atoms with E-state index in [0.717, 1.165) is 0 Å². The predicted octanol–water partition coefficient (Wildman–Crippen LogP) is 7.14. The molecule has 240 valence electrons. The highest BCUT2D eigenvalue weighted by atomic mass is 28.4. The minimum atomic E-state index is -4.94. The third-order valence-electron chi connectivity index (χ3n) is 8.17. The largest absolute Gasteiger partial charge is 0.426 e. The van der Waals surface area contributed by atoms with Crippen molar-refractivity contribution in [3.8, 4) is 0 Å². The number of likely N-dealkylation sites (N-methyl/N-ethyl adjacent to an activating group) is 1. The Balaban J connectivity index is 1.74. The maximum Gasteiger partial charge on any atom is 0.426 e. The lowest BCUT2D eigenvalue weighted by atomic mass is 9.92. The summed E-state index contributed by atoms with van der Waals surface area (Å²) in [4.78, 5) is 13.1. The minimum absolute atomic E-state index is 0.0670. The third-order valence-corrected chi connectivity index (χ3v) is 13.3. The van der Waals surface area contributed by atoms with E-state index in [1.807, 2.05) is 43.3 Å². The van der Waals surface area contributed by atoms with E-state index in [0.29, 0.717) is 29.8 Å². The molecule has 0 saturated carbocycles. The van der Waals surface area contributed by atoms with Gasteiger partial charge < -0.3 is 9.16 Å². The molecular formula is C35H47F3N2O3Si. The van der Waals surface area contributed by atoms with Crippen LogP contribution in [0.2, 0.25) is 5.04 Å². The quantitative estimate of drug-likeness (QED) is 0.0639. The highest BCUT2D eigenvalue weighted by Crippen LogP contribution is 2.41. The Labute approximate surface area is 261 Å². The van der Waals surface area contributed by atoms with Crippen molar-refractivity contribution in [2.24, 2.45) is 5.84 Å². The average Bonchev–Trinajstić information content (AvgIpc) is 3.00. The van der Waals surface area contributed by atoms with Crippen LogP contribution in [-0.4, -0.2) is 43.7 Å². The van der Waals surface area contributed by atoms with Crippen LogP contribution in [0.25, 0.3) is 0 Å². The molecule has 0 aliphatic rings. The van der Waals surface area contributed by atoms with Crippen LogP contribution in [0.3, 0.4) is 0 Å². The summed E-state index contributed by atoms with van der Waals surface area (Å²) in [6.45, 7) is 9.79. The molecule has 3 rings (SSSR count). The molecule has 0 aliphatic heterocycles. The van der Waals surface area contributed by atoms with Crippen LogP contribution in [0.15, 0.2) is 91.0 Å². The molecule has 0 unspecified atom stereocenters. The summed E-state index contributed by atoms with van der Waals surface area (Å²) >= 11 is 0. The second kappa shape index (κ2) is 15.3. The molecule has 1 amide bonds. The van der Waals surface area contributed by atoms with Crippen LogP contribution in [0, 0.1) is 0 Å². The first kappa shape index (κ1) is 35.5. The molecule has 0 bridgehead atoms. The van der Waals surface area contributed by atoms with E-state index in [1.165, 1.54) is 17.3 Å². The van der Waals surface area contributed by atoms with E-state index in [4.69, 9.17) is 15.0 Å². The Morgan fingerprint density at radius 3 is 1.80 bits per heavy atom. The van der Waals surface area contributed by atoms with Crippen molar-refractivity contribution in [2.45, 2.75) is 96.2 Å². The smallest absolute Gasteiger partial charge is 0.405 e. The van der Waals surface area contributed by atoms with Gasteiger partial charge in [0.15, 0.2) is 0 Å². The second-order valence-electron chi connectivity index (χ2n) is 12.4. The van der Waals surface area contributed by atoms with Crippen molar-refractivity contribution < 1.29 is 27.1 Å². The maximum atomic E-state index is 14.6. The number of hydrogen-bond donors (Lipinski definition) is 1. The molecule has 3 aromatic rings. The van der Waals surface area contributed by atoms with Crippen LogP contribution in [0.1, 0.15) is 72.3 Å². The first-order valence-electron chi connectivity index (χ1n) is 15.4. The van der Waals surface area contributed by atoms with E-state index >= 15 is 0 Å². The fraction of sp³-hybridized carbons (Fsp3) is 0.457. The normalized spacial score (nSPS) is 14.6. The number of carbonyl (C=O) groups is 1. The number of hydrazine groups is 1. The van der Waals surface area contributed by atoms with Gasteiger partial charge in [0.25, 0.3) is 14.2 Å². The van der Waals surface area contributed by atoms with Gasteiger partial charge in [0.2, 0.25) is 5.60 Å². The summed E-state index contributed by atoms with van der Waals surface area (Å²) in [5, 5.41) is 2.77. The Hall–Kier alpha value is -2.98. The van der Waals surface area contributed by atoms with E-state index in [1.54, 1.807) is 30.3 Å². The molecule has 0 radical (unpaired) electrons. The molecule has 9 heteroatoms. The highest BCUT2D eigenvalue weighted by molar-refractivity contribution is 6.99. The van der Waals surface area contributed by atoms with Crippen LogP contribution in [0.5, 0.6) is 0 Å². The van der Waals surface area contributed by atoms with E-state index in [9.17, 15) is 18.0 Å². The minimum Gasteiger partial charge on any atom is -0.405 e. The lowest BCUT2D eigenvalue weighted by Gasteiger charge is -2.44. The topological polar surface area (TPSA) is 64.8 Å². The second-order valence-corrected chi connectivity index (χ2v) is 16.6. The zero-order chi connectivity index (χ0) is 32.4. The molecule has 3 aromatic carbocycles. The maximum absolute atomic E-state index is 14.6. The summed E-state index contributed by atoms with van der Waals surface area (Å²) in [5.41, 5.74) is -2.48. The van der Waals surface area contributed by atoms with Gasteiger partial charge in [-0.2, -0.15) is 13.2 Å². The monoisotopic (exact) mass is 628 g/mol. The van der Waals surface area contributed by atoms with Gasteiger partial charge in [0.1, 0.15) is 0 Å². The zero-order valence-corrected chi connectivity index (χ0v) is 27.6. The molecule has 2 N–H and O–H groups in total. The van der Waals surface area contributed by atoms with Crippen molar-refractivity contribution in [1.29, 1.82) is 0 Å². The van der Waals surface area contributed by atoms with E-state index in [2.05, 4.69) is 45.0 Å². The number of nitrogens with zero attached hydrogens (tertiary/aromatic N) is 1. The first-order chi connectivity index (χ1) is 20.8. The predicted molar refractivity (Wildman–Crippen MR) is 173 cm³/mol. The Morgan fingerprint density at radius 1 is 0.841 bits per heavy atom. The van der Waals surface area contributed by atoms with Crippen LogP contribution in [-0.2, 0) is 20.6 Å². The van der Waals surface area contributed by atoms with Crippen LogP contribution in [0.4, 0.5) is 13.2 Å². The molecule has 0 aromatic heterocycles. The first-order valence-corrected chi connectivity index (χ1v) is 17.3. The molecule has 2 atom stereocenters. The number of unbranched alkanes of at least 4 members (excludes halogenated alkanes) is 2. The van der Waals surface area contributed by atoms with Gasteiger partial charge in [-0.25, -0.2) is 5.84 Å². The summed E-state index contributed by atoms with van der Waals surface area (Å²) in [6.07, 6.45) is -3.66. The van der Waals surface area contributed by atoms with Gasteiger partial charge in [-0.05, 0) is 54.1 Å². The van der Waals surface area contributed by atoms with E-state index in [-0.39, 0.29) is 30.7 Å². The molecule has 5 nitrogen and oxygen atoms in total. The number of alkyl halides is 3. The van der Waals surface area contributed by atoms with E-state index < -0.39 is 32.4 Å². The number of amides is 1. The standard InChI is InChI=1S/C35H47F3N2O3Si/c1-6-40(39)32(41)34(35(36,37)38,42-27-29-20-12-7-13-21-29)26-18-10-11-19-28(2)43-44(33(3,4)5,30-22-14-8-15-23-30)31-24-16-9-17-25-31/h7-9,12-17,20-25,28H,6,10-11,18-19,26-27,39H2,1-5H3/t28-,34+/m0/s1. The number of benzene rings is 3. The van der Waals surface area contributed by atoms with Gasteiger partial charge in [0.05, 0.1) is 6.61 Å². The molecule has 44 heavy (non-hydrogen) atoms. The Kier molecular flexibility index (Phi) is 12.4. The Bertz CT molecular complexity index is 1250. The third kappa shape index (κ3) is 8.18. The summed E-state index contributed by atoms with van der Waals surface area (Å²) < 4.78 is 56.5. The van der Waals surface area contributed by atoms with Crippen LogP contribution >= 0.6 is 0 Å². The fourth-order valence-corrected chi connectivity index (χ4v) is 10.5. The summed E-state index contributed by atoms with van der Waals surface area (Å²) in [7, 11) is -2.74. The number of rotatable bonds is 15. The van der Waals surface area contributed by atoms with Gasteiger partial charge in [-0.3, -0.25) is 9.80 Å². The summed E-state index contributed by atoms with van der Waals surface area (Å²) in [6, 6.07) is 29.2. The zero-order valence-electron chi connectivity index (χ0n) is 26.6. The number of carbonyl (C=O) groups excluding carboxylic acids is 1. The van der Waals surface area contributed by atoms with Crippen molar-refractivity contribution in [3.05, 3.63) is 96.6 Å². The molecule has 0 heterocycles. The molecular weight excluding hydrogens is 581 g/mol. The number of hydrogen-bond acceptors (Lipinski definition) is 4. The number of ether oxygens (including phenoxy) is 1. The summed E-state index contributed by atoms with van der Waals surface area (Å²) in [5.74, 6) is 4.45. The molecule has 0 fully saturated rings. The van der Waals surface area contributed by atoms with Crippen molar-refractivity contribution >= 4 is 24.6 Å². The van der Waals surface area contributed by atoms with Gasteiger partial charge in [-0.1, -0.05) is 125 Å². The van der Waals surface area contributed by atoms with Gasteiger partial charge in [0, 0.05) is 12.6 Å². The lowest BCUT2D eigenvalue weighted by molar-refractivity contribution is -0.277. The number of nitrogens with two attached hydrogens (primary N) is 1. The van der Waals surface area contributed by atoms with Crippen molar-refractivity contribution in [1.82, 2.24) is 5.01 Å². The van der Waals surface area contributed by atoms with Gasteiger partial charge in [-0.15, -0.1) is 0 Å². The van der Waals surface area contributed by atoms with Gasteiger partial charge >= 0.3 is 6.18 Å².